The predicted molar refractivity (Wildman–Crippen MR) is 54.4 cm³/mol. The Labute approximate surface area is 87.5 Å². The molecule has 0 aliphatic heterocycles. The number of nitrogens with one attached hydrogen (secondary N) is 1. The molecule has 15 heavy (non-hydrogen) atoms. The third-order valence-electron chi connectivity index (χ3n) is 1.93. The van der Waals surface area contributed by atoms with Gasteiger partial charge in [0.15, 0.2) is 0 Å². The molecule has 0 amide bonds. The molecule has 1 N–H and O–H groups in total. The topological polar surface area (TPSA) is 64.1 Å². The van der Waals surface area contributed by atoms with E-state index < -0.39 is 0 Å². The maximum atomic E-state index is 5.37. The van der Waals surface area contributed by atoms with Gasteiger partial charge in [-0.05, 0) is 12.1 Å². The summed E-state index contributed by atoms with van der Waals surface area (Å²) in [7, 11) is 0. The predicted octanol–water partition coefficient (Wildman–Crippen LogP) is 2.40. The van der Waals surface area contributed by atoms with Gasteiger partial charge in [0.05, 0.1) is 12.8 Å². The van der Waals surface area contributed by atoms with E-state index in [1.165, 1.54) is 0 Å². The first kappa shape index (κ1) is 9.76. The molecule has 0 bridgehead atoms. The number of hydrogen-bond donors (Lipinski definition) is 1. The van der Waals surface area contributed by atoms with Crippen LogP contribution in [-0.4, -0.2) is 10.2 Å². The van der Waals surface area contributed by atoms with Crippen molar-refractivity contribution in [3.8, 4) is 0 Å². The van der Waals surface area contributed by atoms with Crippen LogP contribution in [0.4, 0.5) is 6.01 Å². The Bertz CT molecular complexity index is 406. The Balaban J connectivity index is 1.94. The monoisotopic (exact) mass is 207 g/mol. The van der Waals surface area contributed by atoms with Crippen LogP contribution in [0.3, 0.4) is 0 Å². The lowest BCUT2D eigenvalue weighted by Gasteiger charge is -1.97. The molecule has 5 nitrogen and oxygen atoms in total. The molecule has 0 radical (unpaired) electrons. The smallest absolute Gasteiger partial charge is 0.315 e. The Morgan fingerprint density at radius 3 is 2.87 bits per heavy atom. The number of anilines is 1. The minimum atomic E-state index is 0.247. The highest BCUT2D eigenvalue weighted by Gasteiger charge is 2.09. The lowest BCUT2D eigenvalue weighted by Crippen LogP contribution is -1.97. The zero-order valence-corrected chi connectivity index (χ0v) is 8.73. The van der Waals surface area contributed by atoms with Crippen LogP contribution in [0.2, 0.25) is 0 Å². The summed E-state index contributed by atoms with van der Waals surface area (Å²) < 4.78 is 10.5. The van der Waals surface area contributed by atoms with Gasteiger partial charge >= 0.3 is 6.01 Å². The van der Waals surface area contributed by atoms with Crippen LogP contribution in [0.15, 0.2) is 27.2 Å². The van der Waals surface area contributed by atoms with Crippen molar-refractivity contribution in [2.45, 2.75) is 26.3 Å². The highest BCUT2D eigenvalue weighted by Crippen LogP contribution is 2.15. The third kappa shape index (κ3) is 2.37. The lowest BCUT2D eigenvalue weighted by atomic mass is 10.2. The molecule has 0 aliphatic carbocycles. The molecule has 0 fully saturated rings. The second-order valence-corrected chi connectivity index (χ2v) is 3.53. The first-order valence-electron chi connectivity index (χ1n) is 4.85. The van der Waals surface area contributed by atoms with Gasteiger partial charge in [-0.15, -0.1) is 5.10 Å². The van der Waals surface area contributed by atoms with Crippen LogP contribution < -0.4 is 5.32 Å². The van der Waals surface area contributed by atoms with E-state index in [4.69, 9.17) is 8.83 Å². The van der Waals surface area contributed by atoms with Crippen molar-refractivity contribution in [2.75, 3.05) is 5.32 Å². The fraction of sp³-hybridized carbons (Fsp3) is 0.400. The Morgan fingerprint density at radius 1 is 1.40 bits per heavy atom. The van der Waals surface area contributed by atoms with Crippen molar-refractivity contribution in [1.29, 1.82) is 0 Å². The highest BCUT2D eigenvalue weighted by molar-refractivity contribution is 5.19. The van der Waals surface area contributed by atoms with Crippen LogP contribution in [-0.2, 0) is 6.54 Å². The molecule has 0 unspecified atom stereocenters. The van der Waals surface area contributed by atoms with Crippen LogP contribution in [0.25, 0.3) is 0 Å². The van der Waals surface area contributed by atoms with Gasteiger partial charge in [-0.1, -0.05) is 18.9 Å². The van der Waals surface area contributed by atoms with Gasteiger partial charge in [0.2, 0.25) is 5.89 Å². The Kier molecular flexibility index (Phi) is 2.71. The minimum absolute atomic E-state index is 0.247. The zero-order chi connectivity index (χ0) is 10.7. The average molecular weight is 207 g/mol. The van der Waals surface area contributed by atoms with E-state index in [0.717, 1.165) is 5.76 Å². The lowest BCUT2D eigenvalue weighted by molar-refractivity contribution is 0.473. The SMILES string of the molecule is CC(C)c1nnc(NCc2ccco2)o1. The number of rotatable bonds is 4. The van der Waals surface area contributed by atoms with Crippen molar-refractivity contribution < 1.29 is 8.83 Å². The van der Waals surface area contributed by atoms with Gasteiger partial charge in [-0.25, -0.2) is 0 Å². The Hall–Kier alpha value is -1.78. The largest absolute Gasteiger partial charge is 0.467 e. The molecule has 0 saturated heterocycles. The van der Waals surface area contributed by atoms with Crippen molar-refractivity contribution in [3.05, 3.63) is 30.0 Å². The van der Waals surface area contributed by atoms with Gasteiger partial charge in [-0.3, -0.25) is 0 Å². The Morgan fingerprint density at radius 2 is 2.27 bits per heavy atom. The summed E-state index contributed by atoms with van der Waals surface area (Å²) in [4.78, 5) is 0. The molecule has 80 valence electrons. The number of aromatic nitrogens is 2. The standard InChI is InChI=1S/C10H13N3O2/c1-7(2)9-12-13-10(15-9)11-6-8-4-3-5-14-8/h3-5,7H,6H2,1-2H3,(H,11,13). The van der Waals surface area contributed by atoms with Crippen LogP contribution in [0.1, 0.15) is 31.4 Å². The highest BCUT2D eigenvalue weighted by atomic mass is 16.4. The summed E-state index contributed by atoms with van der Waals surface area (Å²) in [5.74, 6) is 1.72. The molecular weight excluding hydrogens is 194 g/mol. The molecule has 2 heterocycles. The molecule has 0 aromatic carbocycles. The molecule has 2 aromatic rings. The first-order valence-corrected chi connectivity index (χ1v) is 4.85. The van der Waals surface area contributed by atoms with Crippen LogP contribution >= 0.6 is 0 Å². The maximum absolute atomic E-state index is 5.37. The molecule has 0 saturated carbocycles. The van der Waals surface area contributed by atoms with Gasteiger partial charge in [0.1, 0.15) is 5.76 Å². The summed E-state index contributed by atoms with van der Waals surface area (Å²) in [6.45, 7) is 4.56. The quantitative estimate of drug-likeness (QED) is 0.833. The molecule has 0 atom stereocenters. The fourth-order valence-corrected chi connectivity index (χ4v) is 1.12. The van der Waals surface area contributed by atoms with Crippen molar-refractivity contribution in [2.24, 2.45) is 0 Å². The maximum Gasteiger partial charge on any atom is 0.315 e. The van der Waals surface area contributed by atoms with Crippen molar-refractivity contribution in [3.63, 3.8) is 0 Å². The van der Waals surface area contributed by atoms with E-state index in [9.17, 15) is 0 Å². The molecule has 5 heteroatoms. The summed E-state index contributed by atoms with van der Waals surface area (Å²) in [5.41, 5.74) is 0. The van der Waals surface area contributed by atoms with E-state index in [1.54, 1.807) is 6.26 Å². The summed E-state index contributed by atoms with van der Waals surface area (Å²) >= 11 is 0. The summed E-state index contributed by atoms with van der Waals surface area (Å²) in [5, 5.41) is 10.8. The number of hydrogen-bond acceptors (Lipinski definition) is 5. The van der Waals surface area contributed by atoms with Gasteiger partial charge in [0, 0.05) is 5.92 Å². The van der Waals surface area contributed by atoms with Gasteiger partial charge in [0.25, 0.3) is 0 Å². The molecule has 0 aliphatic rings. The van der Waals surface area contributed by atoms with Crippen molar-refractivity contribution in [1.82, 2.24) is 10.2 Å². The van der Waals surface area contributed by atoms with Crippen LogP contribution in [0.5, 0.6) is 0 Å². The van der Waals surface area contributed by atoms with E-state index in [1.807, 2.05) is 26.0 Å². The summed E-state index contributed by atoms with van der Waals surface area (Å²) in [6, 6.07) is 4.15. The van der Waals surface area contributed by atoms with E-state index in [-0.39, 0.29) is 5.92 Å². The molecule has 2 aromatic heterocycles. The average Bonchev–Trinajstić information content (AvgIpc) is 2.86. The third-order valence-corrected chi connectivity index (χ3v) is 1.93. The van der Waals surface area contributed by atoms with Crippen LogP contribution in [0, 0.1) is 0 Å². The first-order chi connectivity index (χ1) is 7.25. The number of nitrogens with zero attached hydrogens (tertiary/aromatic N) is 2. The molecule has 0 spiro atoms. The van der Waals surface area contributed by atoms with E-state index >= 15 is 0 Å². The van der Waals surface area contributed by atoms with E-state index in [0.29, 0.717) is 18.5 Å². The number of furan rings is 1. The normalized spacial score (nSPS) is 10.9. The second-order valence-electron chi connectivity index (χ2n) is 3.53. The van der Waals surface area contributed by atoms with E-state index in [2.05, 4.69) is 15.5 Å². The molecular formula is C10H13N3O2. The fourth-order valence-electron chi connectivity index (χ4n) is 1.12. The minimum Gasteiger partial charge on any atom is -0.467 e. The zero-order valence-electron chi connectivity index (χ0n) is 8.73. The van der Waals surface area contributed by atoms with Gasteiger partial charge in [-0.2, -0.15) is 0 Å². The van der Waals surface area contributed by atoms with Crippen molar-refractivity contribution >= 4 is 6.01 Å². The van der Waals surface area contributed by atoms with Gasteiger partial charge < -0.3 is 14.2 Å². The molecule has 2 rings (SSSR count). The summed E-state index contributed by atoms with van der Waals surface area (Å²) in [6.07, 6.45) is 1.63. The second kappa shape index (κ2) is 4.16.